The summed E-state index contributed by atoms with van der Waals surface area (Å²) in [5.41, 5.74) is 2.86. The van der Waals surface area contributed by atoms with E-state index in [4.69, 9.17) is 18.9 Å². The highest BCUT2D eigenvalue weighted by atomic mass is 16.5. The van der Waals surface area contributed by atoms with Crippen molar-refractivity contribution in [2.75, 3.05) is 28.4 Å². The first-order valence-corrected chi connectivity index (χ1v) is 8.94. The monoisotopic (exact) mass is 384 g/mol. The van der Waals surface area contributed by atoms with Gasteiger partial charge in [-0.05, 0) is 40.8 Å². The summed E-state index contributed by atoms with van der Waals surface area (Å²) in [7, 11) is 8.46. The van der Waals surface area contributed by atoms with Crippen LogP contribution < -0.4 is 23.5 Å². The van der Waals surface area contributed by atoms with Crippen LogP contribution in [0.3, 0.4) is 0 Å². The molecule has 1 heterocycles. The Bertz CT molecular complexity index is 1000. The van der Waals surface area contributed by atoms with Crippen LogP contribution >= 0.6 is 0 Å². The fourth-order valence-electron chi connectivity index (χ4n) is 3.43. The van der Waals surface area contributed by atoms with Crippen LogP contribution in [0.2, 0.25) is 0 Å². The molecule has 0 unspecified atom stereocenters. The zero-order chi connectivity index (χ0) is 20.3. The first-order valence-electron chi connectivity index (χ1n) is 8.94. The number of methoxy groups -OCH3 is 4. The van der Waals surface area contributed by atoms with E-state index in [0.29, 0.717) is 29.4 Å². The number of hydrogen-bond donors (Lipinski definition) is 1. The van der Waals surface area contributed by atoms with Crippen molar-refractivity contribution >= 4 is 10.8 Å². The third-order valence-electron chi connectivity index (χ3n) is 5.00. The van der Waals surface area contributed by atoms with Gasteiger partial charge in [-0.25, -0.2) is 4.57 Å². The predicted octanol–water partition coefficient (Wildman–Crippen LogP) is 2.78. The number of ether oxygens (including phenoxy) is 4. The van der Waals surface area contributed by atoms with Gasteiger partial charge < -0.3 is 24.1 Å². The minimum absolute atomic E-state index is 0.0820. The van der Waals surface area contributed by atoms with Crippen LogP contribution in [-0.4, -0.2) is 33.5 Å². The molecule has 0 saturated carbocycles. The van der Waals surface area contributed by atoms with Gasteiger partial charge in [-0.2, -0.15) is 0 Å². The molecule has 0 amide bonds. The average Bonchev–Trinajstić information content (AvgIpc) is 2.74. The topological polar surface area (TPSA) is 61.0 Å². The van der Waals surface area contributed by atoms with Crippen LogP contribution in [-0.2, 0) is 20.1 Å². The number of aliphatic hydroxyl groups excluding tert-OH is 1. The third-order valence-corrected chi connectivity index (χ3v) is 5.00. The van der Waals surface area contributed by atoms with Crippen LogP contribution in [0, 0.1) is 0 Å². The van der Waals surface area contributed by atoms with Crippen molar-refractivity contribution in [2.24, 2.45) is 7.05 Å². The highest BCUT2D eigenvalue weighted by Crippen LogP contribution is 2.35. The molecule has 0 aliphatic carbocycles. The zero-order valence-corrected chi connectivity index (χ0v) is 16.9. The molecule has 2 aromatic carbocycles. The molecule has 0 aliphatic rings. The molecule has 1 N–H and O–H groups in total. The second-order valence-corrected chi connectivity index (χ2v) is 6.48. The lowest BCUT2D eigenvalue weighted by Crippen LogP contribution is -2.33. The minimum Gasteiger partial charge on any atom is -0.493 e. The van der Waals surface area contributed by atoms with E-state index in [1.54, 1.807) is 28.4 Å². The average molecular weight is 384 g/mol. The maximum absolute atomic E-state index is 9.87. The van der Waals surface area contributed by atoms with Gasteiger partial charge in [0.15, 0.2) is 34.9 Å². The summed E-state index contributed by atoms with van der Waals surface area (Å²) in [4.78, 5) is 0. The summed E-state index contributed by atoms with van der Waals surface area (Å²) in [6.07, 6.45) is 2.63. The van der Waals surface area contributed by atoms with Crippen LogP contribution in [0.4, 0.5) is 0 Å². The molecule has 0 saturated heterocycles. The van der Waals surface area contributed by atoms with Gasteiger partial charge in [0.05, 0.1) is 46.9 Å². The van der Waals surface area contributed by atoms with Gasteiger partial charge >= 0.3 is 0 Å². The Hall–Kier alpha value is -2.99. The van der Waals surface area contributed by atoms with Gasteiger partial charge in [0.1, 0.15) is 7.05 Å². The molecule has 0 fully saturated rings. The molecule has 3 rings (SSSR count). The Morgan fingerprint density at radius 2 is 1.32 bits per heavy atom. The maximum Gasteiger partial charge on any atom is 0.193 e. The summed E-state index contributed by atoms with van der Waals surface area (Å²) in [6.45, 7) is -0.0820. The normalized spacial score (nSPS) is 10.8. The summed E-state index contributed by atoms with van der Waals surface area (Å²) in [6, 6.07) is 9.75. The summed E-state index contributed by atoms with van der Waals surface area (Å²) in [5.74, 6) is 2.61. The Labute approximate surface area is 164 Å². The smallest absolute Gasteiger partial charge is 0.193 e. The summed E-state index contributed by atoms with van der Waals surface area (Å²) in [5, 5.41) is 12.0. The highest BCUT2D eigenvalue weighted by molar-refractivity contribution is 5.87. The van der Waals surface area contributed by atoms with Gasteiger partial charge in [0.2, 0.25) is 0 Å². The fraction of sp³-hybridized carbons (Fsp3) is 0.318. The summed E-state index contributed by atoms with van der Waals surface area (Å²) >= 11 is 0. The highest BCUT2D eigenvalue weighted by Gasteiger charge is 2.19. The molecule has 6 nitrogen and oxygen atoms in total. The summed E-state index contributed by atoms with van der Waals surface area (Å²) < 4.78 is 23.8. The first kappa shape index (κ1) is 19.8. The molecule has 0 spiro atoms. The fourth-order valence-corrected chi connectivity index (χ4v) is 3.43. The molecule has 0 radical (unpaired) electrons. The van der Waals surface area contributed by atoms with Gasteiger partial charge in [-0.1, -0.05) is 0 Å². The predicted molar refractivity (Wildman–Crippen MR) is 107 cm³/mol. The van der Waals surface area contributed by atoms with E-state index < -0.39 is 0 Å². The van der Waals surface area contributed by atoms with Crippen molar-refractivity contribution in [2.45, 2.75) is 13.0 Å². The standard InChI is InChI=1S/C22H26NO5/c1-23-7-6-14-9-19(25-2)22(28-5)12-17(14)18(23)8-15-10-20(26-3)21(27-4)11-16(15)13-24/h6-7,9-12,24H,8,13H2,1-5H3/q+1. The quantitative estimate of drug-likeness (QED) is 0.635. The van der Waals surface area contributed by atoms with Crippen molar-refractivity contribution in [3.8, 4) is 23.0 Å². The van der Waals surface area contributed by atoms with Gasteiger partial charge in [0.25, 0.3) is 0 Å². The van der Waals surface area contributed by atoms with E-state index in [-0.39, 0.29) is 6.61 Å². The van der Waals surface area contributed by atoms with Gasteiger partial charge in [0, 0.05) is 6.07 Å². The van der Waals surface area contributed by atoms with Crippen molar-refractivity contribution in [3.05, 3.63) is 53.3 Å². The molecule has 0 bridgehead atoms. The molecule has 0 aliphatic heterocycles. The lowest BCUT2D eigenvalue weighted by molar-refractivity contribution is -0.677. The molecular formula is C22H26NO5+. The van der Waals surface area contributed by atoms with E-state index in [1.165, 1.54) is 0 Å². The number of aryl methyl sites for hydroxylation is 1. The largest absolute Gasteiger partial charge is 0.493 e. The van der Waals surface area contributed by atoms with Crippen LogP contribution in [0.1, 0.15) is 16.8 Å². The molecule has 3 aromatic rings. The van der Waals surface area contributed by atoms with E-state index in [0.717, 1.165) is 27.6 Å². The first-order chi connectivity index (χ1) is 13.6. The number of rotatable bonds is 7. The van der Waals surface area contributed by atoms with E-state index >= 15 is 0 Å². The van der Waals surface area contributed by atoms with Gasteiger partial charge in [-0.3, -0.25) is 0 Å². The second kappa shape index (κ2) is 8.35. The van der Waals surface area contributed by atoms with Crippen molar-refractivity contribution in [3.63, 3.8) is 0 Å². The number of pyridine rings is 1. The number of nitrogens with zero attached hydrogens (tertiary/aromatic N) is 1. The lowest BCUT2D eigenvalue weighted by Gasteiger charge is -2.14. The Kier molecular flexibility index (Phi) is 5.90. The Balaban J connectivity index is 2.18. The number of fused-ring (bicyclic) bond motifs is 1. The van der Waals surface area contributed by atoms with E-state index in [2.05, 4.69) is 4.57 Å². The van der Waals surface area contributed by atoms with E-state index in [1.807, 2.05) is 43.6 Å². The molecule has 6 heteroatoms. The SMILES string of the molecule is COc1cc(CO)c(Cc2c3cc(OC)c(OC)cc3cc[n+]2C)cc1OC. The number of benzene rings is 2. The van der Waals surface area contributed by atoms with Crippen LogP contribution in [0.25, 0.3) is 10.8 Å². The zero-order valence-electron chi connectivity index (χ0n) is 16.9. The van der Waals surface area contributed by atoms with E-state index in [9.17, 15) is 5.11 Å². The Morgan fingerprint density at radius 1 is 0.786 bits per heavy atom. The molecular weight excluding hydrogens is 358 g/mol. The Morgan fingerprint density at radius 3 is 1.89 bits per heavy atom. The molecule has 0 atom stereocenters. The minimum atomic E-state index is -0.0820. The second-order valence-electron chi connectivity index (χ2n) is 6.48. The lowest BCUT2D eigenvalue weighted by atomic mass is 9.98. The molecule has 148 valence electrons. The van der Waals surface area contributed by atoms with Crippen molar-refractivity contribution in [1.82, 2.24) is 0 Å². The molecule has 28 heavy (non-hydrogen) atoms. The van der Waals surface area contributed by atoms with Crippen LogP contribution in [0.5, 0.6) is 23.0 Å². The van der Waals surface area contributed by atoms with Crippen molar-refractivity contribution < 1.29 is 28.6 Å². The van der Waals surface area contributed by atoms with Gasteiger partial charge in [-0.15, -0.1) is 0 Å². The number of aromatic nitrogens is 1. The molecule has 1 aromatic heterocycles. The maximum atomic E-state index is 9.87. The number of aliphatic hydroxyl groups is 1. The number of hydrogen-bond acceptors (Lipinski definition) is 5. The van der Waals surface area contributed by atoms with Crippen LogP contribution in [0.15, 0.2) is 36.5 Å². The third kappa shape index (κ3) is 3.55. The van der Waals surface area contributed by atoms with Crippen molar-refractivity contribution in [1.29, 1.82) is 0 Å².